The molecule has 0 saturated heterocycles. The molecule has 1 aromatic rings. The van der Waals surface area contributed by atoms with Gasteiger partial charge in [0.15, 0.2) is 0 Å². The van der Waals surface area contributed by atoms with Crippen LogP contribution in [0.25, 0.3) is 0 Å². The average molecular weight is 279 g/mol. The van der Waals surface area contributed by atoms with Gasteiger partial charge in [-0.1, -0.05) is 26.7 Å². The Balaban J connectivity index is 2.87. The molecule has 1 rings (SSSR count). The van der Waals surface area contributed by atoms with Crippen molar-refractivity contribution in [1.82, 2.24) is 5.32 Å². The zero-order chi connectivity index (χ0) is 15.1. The molecule has 0 bridgehead atoms. The van der Waals surface area contributed by atoms with Crippen LogP contribution in [0, 0.1) is 5.92 Å². The zero-order valence-electron chi connectivity index (χ0n) is 13.7. The standard InChI is InChI=1S/C17H29NO2/c1-7-14(8-2)12(3)18-13(4)16-11-15(19-5)9-10-17(16)20-6/h9-14,18H,7-8H2,1-6H3. The van der Waals surface area contributed by atoms with E-state index in [1.54, 1.807) is 14.2 Å². The number of hydrogen-bond acceptors (Lipinski definition) is 3. The topological polar surface area (TPSA) is 30.5 Å². The molecule has 0 saturated carbocycles. The monoisotopic (exact) mass is 279 g/mol. The van der Waals surface area contributed by atoms with E-state index >= 15 is 0 Å². The molecule has 0 aliphatic heterocycles. The van der Waals surface area contributed by atoms with Crippen molar-refractivity contribution >= 4 is 0 Å². The number of hydrogen-bond donors (Lipinski definition) is 1. The van der Waals surface area contributed by atoms with Gasteiger partial charge < -0.3 is 14.8 Å². The molecule has 0 aliphatic carbocycles. The second kappa shape index (κ2) is 8.15. The highest BCUT2D eigenvalue weighted by Gasteiger charge is 2.19. The van der Waals surface area contributed by atoms with Gasteiger partial charge in [0, 0.05) is 17.6 Å². The van der Waals surface area contributed by atoms with E-state index in [0.717, 1.165) is 17.1 Å². The summed E-state index contributed by atoms with van der Waals surface area (Å²) in [6, 6.07) is 6.66. The molecule has 20 heavy (non-hydrogen) atoms. The van der Waals surface area contributed by atoms with Gasteiger partial charge in [-0.05, 0) is 38.0 Å². The summed E-state index contributed by atoms with van der Waals surface area (Å²) in [6.07, 6.45) is 2.40. The molecule has 0 radical (unpaired) electrons. The Morgan fingerprint density at radius 2 is 1.70 bits per heavy atom. The maximum Gasteiger partial charge on any atom is 0.123 e. The van der Waals surface area contributed by atoms with Gasteiger partial charge in [-0.2, -0.15) is 0 Å². The summed E-state index contributed by atoms with van der Waals surface area (Å²) in [7, 11) is 3.40. The van der Waals surface area contributed by atoms with E-state index in [1.165, 1.54) is 12.8 Å². The summed E-state index contributed by atoms with van der Waals surface area (Å²) in [5, 5.41) is 3.69. The van der Waals surface area contributed by atoms with E-state index in [2.05, 4.69) is 39.1 Å². The van der Waals surface area contributed by atoms with Gasteiger partial charge in [0.05, 0.1) is 14.2 Å². The van der Waals surface area contributed by atoms with Crippen molar-refractivity contribution < 1.29 is 9.47 Å². The Kier molecular flexibility index (Phi) is 6.86. The minimum atomic E-state index is 0.232. The van der Waals surface area contributed by atoms with Crippen molar-refractivity contribution in [1.29, 1.82) is 0 Å². The molecule has 0 aliphatic rings. The van der Waals surface area contributed by atoms with Crippen LogP contribution < -0.4 is 14.8 Å². The lowest BCUT2D eigenvalue weighted by Crippen LogP contribution is -2.35. The second-order valence-electron chi connectivity index (χ2n) is 5.36. The summed E-state index contributed by atoms with van der Waals surface area (Å²) in [5.41, 5.74) is 1.14. The third kappa shape index (κ3) is 4.14. The van der Waals surface area contributed by atoms with Crippen LogP contribution in [0.5, 0.6) is 11.5 Å². The third-order valence-corrected chi connectivity index (χ3v) is 4.17. The number of nitrogens with one attached hydrogen (secondary N) is 1. The maximum absolute atomic E-state index is 5.47. The first-order chi connectivity index (χ1) is 9.57. The fourth-order valence-electron chi connectivity index (χ4n) is 2.79. The molecule has 1 N–H and O–H groups in total. The highest BCUT2D eigenvalue weighted by molar-refractivity contribution is 5.42. The Labute approximate surface area is 123 Å². The van der Waals surface area contributed by atoms with Crippen molar-refractivity contribution in [3.8, 4) is 11.5 Å². The number of rotatable bonds is 8. The molecule has 114 valence electrons. The molecule has 2 atom stereocenters. The van der Waals surface area contributed by atoms with E-state index in [1.807, 2.05) is 12.1 Å². The molecule has 1 aromatic carbocycles. The molecule has 2 unspecified atom stereocenters. The lowest BCUT2D eigenvalue weighted by atomic mass is 9.94. The SMILES string of the molecule is CCC(CC)C(C)NC(C)c1cc(OC)ccc1OC. The van der Waals surface area contributed by atoms with Crippen molar-refractivity contribution in [2.24, 2.45) is 5.92 Å². The van der Waals surface area contributed by atoms with E-state index in [4.69, 9.17) is 9.47 Å². The van der Waals surface area contributed by atoms with Gasteiger partial charge in [0.25, 0.3) is 0 Å². The Hall–Kier alpha value is -1.22. The van der Waals surface area contributed by atoms with Crippen molar-refractivity contribution in [3.63, 3.8) is 0 Å². The number of ether oxygens (including phenoxy) is 2. The highest BCUT2D eigenvalue weighted by Crippen LogP contribution is 2.30. The molecule has 3 nitrogen and oxygen atoms in total. The third-order valence-electron chi connectivity index (χ3n) is 4.17. The summed E-state index contributed by atoms with van der Waals surface area (Å²) < 4.78 is 10.8. The predicted molar refractivity (Wildman–Crippen MR) is 84.6 cm³/mol. The smallest absolute Gasteiger partial charge is 0.123 e. The molecule has 0 heterocycles. The highest BCUT2D eigenvalue weighted by atomic mass is 16.5. The average Bonchev–Trinajstić information content (AvgIpc) is 2.47. The van der Waals surface area contributed by atoms with Crippen LogP contribution in [0.1, 0.15) is 52.1 Å². The van der Waals surface area contributed by atoms with Gasteiger partial charge in [0.1, 0.15) is 11.5 Å². The fraction of sp³-hybridized carbons (Fsp3) is 0.647. The largest absolute Gasteiger partial charge is 0.497 e. The van der Waals surface area contributed by atoms with Gasteiger partial charge >= 0.3 is 0 Å². The van der Waals surface area contributed by atoms with E-state index in [-0.39, 0.29) is 6.04 Å². The van der Waals surface area contributed by atoms with Gasteiger partial charge in [0.2, 0.25) is 0 Å². The lowest BCUT2D eigenvalue weighted by molar-refractivity contribution is 0.323. The Morgan fingerprint density at radius 3 is 2.20 bits per heavy atom. The molecule has 0 amide bonds. The first-order valence-corrected chi connectivity index (χ1v) is 7.55. The maximum atomic E-state index is 5.47. The minimum absolute atomic E-state index is 0.232. The molecular weight excluding hydrogens is 250 g/mol. The van der Waals surface area contributed by atoms with Crippen molar-refractivity contribution in [2.45, 2.75) is 52.6 Å². The van der Waals surface area contributed by atoms with E-state index in [0.29, 0.717) is 12.0 Å². The minimum Gasteiger partial charge on any atom is -0.497 e. The van der Waals surface area contributed by atoms with Gasteiger partial charge in [-0.15, -0.1) is 0 Å². The quantitative estimate of drug-likeness (QED) is 0.774. The van der Waals surface area contributed by atoms with Crippen LogP contribution in [0.3, 0.4) is 0 Å². The summed E-state index contributed by atoms with van der Waals surface area (Å²) in [4.78, 5) is 0. The molecule has 0 fully saturated rings. The van der Waals surface area contributed by atoms with E-state index in [9.17, 15) is 0 Å². The van der Waals surface area contributed by atoms with Crippen LogP contribution in [-0.4, -0.2) is 20.3 Å². The molecule has 3 heteroatoms. The number of methoxy groups -OCH3 is 2. The van der Waals surface area contributed by atoms with Crippen LogP contribution in [0.15, 0.2) is 18.2 Å². The molecule has 0 spiro atoms. The van der Waals surface area contributed by atoms with E-state index < -0.39 is 0 Å². The molecular formula is C17H29NO2. The first-order valence-electron chi connectivity index (χ1n) is 7.55. The lowest BCUT2D eigenvalue weighted by Gasteiger charge is -2.27. The fourth-order valence-corrected chi connectivity index (χ4v) is 2.79. The number of benzene rings is 1. The van der Waals surface area contributed by atoms with Gasteiger partial charge in [-0.25, -0.2) is 0 Å². The first kappa shape index (κ1) is 16.8. The Morgan fingerprint density at radius 1 is 1.05 bits per heavy atom. The normalized spacial score (nSPS) is 14.2. The zero-order valence-corrected chi connectivity index (χ0v) is 13.7. The van der Waals surface area contributed by atoms with Gasteiger partial charge in [-0.3, -0.25) is 0 Å². The summed E-state index contributed by atoms with van der Waals surface area (Å²) >= 11 is 0. The summed E-state index contributed by atoms with van der Waals surface area (Å²) in [6.45, 7) is 8.95. The summed E-state index contributed by atoms with van der Waals surface area (Å²) in [5.74, 6) is 2.47. The van der Waals surface area contributed by atoms with Crippen molar-refractivity contribution in [2.75, 3.05) is 14.2 Å². The van der Waals surface area contributed by atoms with Crippen LogP contribution >= 0.6 is 0 Å². The molecule has 0 aromatic heterocycles. The van der Waals surface area contributed by atoms with Crippen LogP contribution in [-0.2, 0) is 0 Å². The van der Waals surface area contributed by atoms with Crippen LogP contribution in [0.4, 0.5) is 0 Å². The Bertz CT molecular complexity index is 402. The second-order valence-corrected chi connectivity index (χ2v) is 5.36. The predicted octanol–water partition coefficient (Wildman–Crippen LogP) is 4.18. The van der Waals surface area contributed by atoms with Crippen LogP contribution in [0.2, 0.25) is 0 Å². The van der Waals surface area contributed by atoms with Crippen molar-refractivity contribution in [3.05, 3.63) is 23.8 Å².